The van der Waals surface area contributed by atoms with Crippen molar-refractivity contribution < 1.29 is 14.3 Å². The van der Waals surface area contributed by atoms with Crippen molar-refractivity contribution in [2.24, 2.45) is 11.1 Å². The molecule has 2 atom stereocenters. The summed E-state index contributed by atoms with van der Waals surface area (Å²) in [5, 5.41) is 2.95. The van der Waals surface area contributed by atoms with Crippen molar-refractivity contribution in [3.05, 3.63) is 59.7 Å². The molecule has 5 nitrogen and oxygen atoms in total. The molecule has 3 N–H and O–H groups in total. The Morgan fingerprint density at radius 1 is 1.21 bits per heavy atom. The standard InChI is InChI=1S/C23H30N2O3/c1-5-27-20-14-23(24,22(20,3)4)21(26)25-18-11-8-12-19(13-18)28-15-17-10-7-6-9-16(17)2/h6-13,20H,5,14-15,24H2,1-4H3,(H,25,26). The molecule has 1 aliphatic rings. The first-order chi connectivity index (χ1) is 13.3. The van der Waals surface area contributed by atoms with Crippen LogP contribution in [0, 0.1) is 12.3 Å². The third-order valence-electron chi connectivity index (χ3n) is 5.98. The van der Waals surface area contributed by atoms with Crippen molar-refractivity contribution in [2.75, 3.05) is 11.9 Å². The monoisotopic (exact) mass is 382 g/mol. The first-order valence-corrected chi connectivity index (χ1v) is 9.77. The van der Waals surface area contributed by atoms with Crippen molar-refractivity contribution in [1.82, 2.24) is 0 Å². The third-order valence-corrected chi connectivity index (χ3v) is 5.98. The molecule has 150 valence electrons. The fourth-order valence-electron chi connectivity index (χ4n) is 3.66. The number of hydrogen-bond donors (Lipinski definition) is 2. The molecule has 1 aliphatic carbocycles. The van der Waals surface area contributed by atoms with Crippen molar-refractivity contribution in [3.8, 4) is 5.75 Å². The van der Waals surface area contributed by atoms with E-state index in [0.717, 1.165) is 5.56 Å². The van der Waals surface area contributed by atoms with Crippen LogP contribution in [0.4, 0.5) is 5.69 Å². The maximum Gasteiger partial charge on any atom is 0.245 e. The first kappa shape index (κ1) is 20.4. The number of ether oxygens (including phenoxy) is 2. The average Bonchev–Trinajstić information content (AvgIpc) is 2.67. The Kier molecular flexibility index (Phi) is 5.77. The summed E-state index contributed by atoms with van der Waals surface area (Å²) in [6, 6.07) is 15.5. The van der Waals surface area contributed by atoms with E-state index in [-0.39, 0.29) is 12.0 Å². The van der Waals surface area contributed by atoms with E-state index in [4.69, 9.17) is 15.2 Å². The van der Waals surface area contributed by atoms with Crippen LogP contribution < -0.4 is 15.8 Å². The number of hydrogen-bond acceptors (Lipinski definition) is 4. The number of nitrogens with two attached hydrogens (primary N) is 1. The van der Waals surface area contributed by atoms with Crippen LogP contribution in [0.15, 0.2) is 48.5 Å². The summed E-state index contributed by atoms with van der Waals surface area (Å²) in [6.07, 6.45) is 0.514. The molecule has 2 aromatic carbocycles. The lowest BCUT2D eigenvalue weighted by molar-refractivity contribution is -0.166. The van der Waals surface area contributed by atoms with Gasteiger partial charge in [0.15, 0.2) is 0 Å². The molecular formula is C23H30N2O3. The van der Waals surface area contributed by atoms with Gasteiger partial charge in [-0.3, -0.25) is 4.79 Å². The molecule has 0 spiro atoms. The molecule has 28 heavy (non-hydrogen) atoms. The summed E-state index contributed by atoms with van der Waals surface area (Å²) in [7, 11) is 0. The van der Waals surface area contributed by atoms with Gasteiger partial charge in [-0.25, -0.2) is 0 Å². The van der Waals surface area contributed by atoms with Crippen LogP contribution in [-0.4, -0.2) is 24.2 Å². The molecule has 0 aromatic heterocycles. The molecular weight excluding hydrogens is 352 g/mol. The van der Waals surface area contributed by atoms with Crippen molar-refractivity contribution in [2.45, 2.75) is 52.4 Å². The number of aryl methyl sites for hydroxylation is 1. The zero-order chi connectivity index (χ0) is 20.4. The second-order valence-corrected chi connectivity index (χ2v) is 8.04. The maximum atomic E-state index is 12.9. The van der Waals surface area contributed by atoms with Gasteiger partial charge < -0.3 is 20.5 Å². The Balaban J connectivity index is 1.65. The highest BCUT2D eigenvalue weighted by Crippen LogP contribution is 2.50. The number of carbonyl (C=O) groups is 1. The van der Waals surface area contributed by atoms with Gasteiger partial charge in [0.05, 0.1) is 6.10 Å². The molecule has 0 saturated heterocycles. The molecule has 2 unspecified atom stereocenters. The van der Waals surface area contributed by atoms with E-state index in [2.05, 4.69) is 18.3 Å². The minimum atomic E-state index is -0.954. The SMILES string of the molecule is CCOC1CC(N)(C(=O)Nc2cccc(OCc3ccccc3C)c2)C1(C)C. The van der Waals surface area contributed by atoms with Gasteiger partial charge in [0.2, 0.25) is 5.91 Å². The smallest absolute Gasteiger partial charge is 0.245 e. The molecule has 2 aromatic rings. The van der Waals surface area contributed by atoms with Gasteiger partial charge in [0.25, 0.3) is 0 Å². The molecule has 0 heterocycles. The van der Waals surface area contributed by atoms with Crippen molar-refractivity contribution >= 4 is 11.6 Å². The molecule has 3 rings (SSSR count). The summed E-state index contributed by atoms with van der Waals surface area (Å²) in [5.41, 5.74) is 8.08. The van der Waals surface area contributed by atoms with Crippen LogP contribution in [0.3, 0.4) is 0 Å². The largest absolute Gasteiger partial charge is 0.489 e. The molecule has 0 bridgehead atoms. The van der Waals surface area contributed by atoms with E-state index in [1.54, 1.807) is 0 Å². The van der Waals surface area contributed by atoms with Crippen LogP contribution >= 0.6 is 0 Å². The quantitative estimate of drug-likeness (QED) is 0.758. The summed E-state index contributed by atoms with van der Waals surface area (Å²) in [4.78, 5) is 12.9. The lowest BCUT2D eigenvalue weighted by atomic mass is 9.54. The number of nitrogens with one attached hydrogen (secondary N) is 1. The Morgan fingerprint density at radius 2 is 1.96 bits per heavy atom. The second-order valence-electron chi connectivity index (χ2n) is 8.04. The van der Waals surface area contributed by atoms with E-state index in [1.807, 2.05) is 63.2 Å². The Bertz CT molecular complexity index is 849. The zero-order valence-electron chi connectivity index (χ0n) is 17.1. The average molecular weight is 383 g/mol. The normalized spacial score (nSPS) is 23.0. The summed E-state index contributed by atoms with van der Waals surface area (Å²) >= 11 is 0. The van der Waals surface area contributed by atoms with Crippen molar-refractivity contribution in [1.29, 1.82) is 0 Å². The minimum absolute atomic E-state index is 0.00275. The van der Waals surface area contributed by atoms with Gasteiger partial charge in [-0.15, -0.1) is 0 Å². The summed E-state index contributed by atoms with van der Waals surface area (Å²) < 4.78 is 11.6. The van der Waals surface area contributed by atoms with Crippen LogP contribution in [0.2, 0.25) is 0 Å². The van der Waals surface area contributed by atoms with Gasteiger partial charge in [-0.05, 0) is 37.1 Å². The molecule has 1 amide bonds. The summed E-state index contributed by atoms with van der Waals surface area (Å²) in [5.74, 6) is 0.511. The number of rotatable bonds is 7. The summed E-state index contributed by atoms with van der Waals surface area (Å²) in [6.45, 7) is 9.08. The predicted molar refractivity (Wildman–Crippen MR) is 111 cm³/mol. The molecule has 0 radical (unpaired) electrons. The highest BCUT2D eigenvalue weighted by atomic mass is 16.5. The first-order valence-electron chi connectivity index (χ1n) is 9.77. The Labute approximate surface area is 167 Å². The number of carbonyl (C=O) groups excluding carboxylic acids is 1. The Morgan fingerprint density at radius 3 is 2.64 bits per heavy atom. The molecule has 1 fully saturated rings. The molecule has 0 aliphatic heterocycles. The van der Waals surface area contributed by atoms with Gasteiger partial charge >= 0.3 is 0 Å². The topological polar surface area (TPSA) is 73.6 Å². The number of benzene rings is 2. The van der Waals surface area contributed by atoms with Crippen LogP contribution in [0.1, 0.15) is 38.3 Å². The lowest BCUT2D eigenvalue weighted by Crippen LogP contribution is -2.74. The fourth-order valence-corrected chi connectivity index (χ4v) is 3.66. The third kappa shape index (κ3) is 3.77. The van der Waals surface area contributed by atoms with E-state index < -0.39 is 11.0 Å². The van der Waals surface area contributed by atoms with Crippen LogP contribution in [-0.2, 0) is 16.1 Å². The van der Waals surface area contributed by atoms with Crippen LogP contribution in [0.5, 0.6) is 5.75 Å². The van der Waals surface area contributed by atoms with Gasteiger partial charge in [-0.1, -0.05) is 44.2 Å². The minimum Gasteiger partial charge on any atom is -0.489 e. The van der Waals surface area contributed by atoms with Gasteiger partial charge in [0, 0.05) is 30.2 Å². The predicted octanol–water partition coefficient (Wildman–Crippen LogP) is 4.05. The lowest BCUT2D eigenvalue weighted by Gasteiger charge is -2.57. The van der Waals surface area contributed by atoms with E-state index >= 15 is 0 Å². The Hall–Kier alpha value is -2.37. The highest BCUT2D eigenvalue weighted by molar-refractivity contribution is 5.99. The zero-order valence-corrected chi connectivity index (χ0v) is 17.1. The molecule has 1 saturated carbocycles. The van der Waals surface area contributed by atoms with Crippen LogP contribution in [0.25, 0.3) is 0 Å². The second kappa shape index (κ2) is 7.94. The van der Waals surface area contributed by atoms with Crippen molar-refractivity contribution in [3.63, 3.8) is 0 Å². The highest BCUT2D eigenvalue weighted by Gasteiger charge is 2.62. The fraction of sp³-hybridized carbons (Fsp3) is 0.435. The van der Waals surface area contributed by atoms with Gasteiger partial charge in [0.1, 0.15) is 17.9 Å². The number of anilines is 1. The molecule has 5 heteroatoms. The number of amides is 1. The maximum absolute atomic E-state index is 12.9. The van der Waals surface area contributed by atoms with Gasteiger partial charge in [-0.2, -0.15) is 0 Å². The van der Waals surface area contributed by atoms with E-state index in [1.165, 1.54) is 5.56 Å². The van der Waals surface area contributed by atoms with E-state index in [9.17, 15) is 4.79 Å². The van der Waals surface area contributed by atoms with E-state index in [0.29, 0.717) is 31.1 Å².